The number of nitrogens with one attached hydrogen (secondary N) is 1. The van der Waals surface area contributed by atoms with Gasteiger partial charge in [0, 0.05) is 38.3 Å². The molecule has 2 aromatic carbocycles. The molecule has 1 fully saturated rings. The van der Waals surface area contributed by atoms with Gasteiger partial charge in [0.15, 0.2) is 5.58 Å². The van der Waals surface area contributed by atoms with Crippen molar-refractivity contribution < 1.29 is 13.9 Å². The predicted octanol–water partition coefficient (Wildman–Crippen LogP) is 2.99. The zero-order valence-electron chi connectivity index (χ0n) is 15.6. The van der Waals surface area contributed by atoms with Gasteiger partial charge in [-0.2, -0.15) is 0 Å². The Morgan fingerprint density at radius 1 is 1.07 bits per heavy atom. The third-order valence-corrected chi connectivity index (χ3v) is 4.76. The summed E-state index contributed by atoms with van der Waals surface area (Å²) in [5.41, 5.74) is 3.84. The van der Waals surface area contributed by atoms with Gasteiger partial charge < -0.3 is 14.5 Å². The molecular formula is C22H23N3O3. The number of aromatic nitrogens is 1. The van der Waals surface area contributed by atoms with Crippen molar-refractivity contribution in [1.29, 1.82) is 0 Å². The van der Waals surface area contributed by atoms with Crippen LogP contribution in [-0.2, 0) is 22.6 Å². The summed E-state index contributed by atoms with van der Waals surface area (Å²) in [5.74, 6) is 0.243. The molecule has 0 bridgehead atoms. The normalized spacial score (nSPS) is 15.3. The van der Waals surface area contributed by atoms with E-state index in [0.717, 1.165) is 43.9 Å². The summed E-state index contributed by atoms with van der Waals surface area (Å²) < 4.78 is 11.0. The minimum atomic E-state index is -0.177. The monoisotopic (exact) mass is 377 g/mol. The smallest absolute Gasteiger partial charge is 0.244 e. The molecule has 0 aliphatic carbocycles. The number of para-hydroxylation sites is 2. The van der Waals surface area contributed by atoms with Crippen LogP contribution in [0.4, 0.5) is 0 Å². The number of benzene rings is 2. The molecule has 144 valence electrons. The molecular weight excluding hydrogens is 354 g/mol. The number of morpholine rings is 1. The molecule has 0 atom stereocenters. The second-order valence-corrected chi connectivity index (χ2v) is 6.73. The molecule has 4 rings (SSSR count). The fourth-order valence-electron chi connectivity index (χ4n) is 3.23. The van der Waals surface area contributed by atoms with E-state index in [1.54, 1.807) is 6.08 Å². The van der Waals surface area contributed by atoms with Crippen LogP contribution in [0, 0.1) is 0 Å². The third-order valence-electron chi connectivity index (χ3n) is 4.76. The van der Waals surface area contributed by atoms with E-state index < -0.39 is 0 Å². The molecule has 0 unspecified atom stereocenters. The van der Waals surface area contributed by atoms with Crippen molar-refractivity contribution in [2.24, 2.45) is 0 Å². The van der Waals surface area contributed by atoms with Crippen LogP contribution in [0.2, 0.25) is 0 Å². The first-order chi connectivity index (χ1) is 13.8. The largest absolute Gasteiger partial charge is 0.437 e. The first kappa shape index (κ1) is 18.4. The molecule has 1 N–H and O–H groups in total. The van der Waals surface area contributed by atoms with Gasteiger partial charge in [-0.1, -0.05) is 36.4 Å². The third kappa shape index (κ3) is 4.65. The van der Waals surface area contributed by atoms with Crippen LogP contribution >= 0.6 is 0 Å². The van der Waals surface area contributed by atoms with Gasteiger partial charge in [-0.25, -0.2) is 4.98 Å². The van der Waals surface area contributed by atoms with Gasteiger partial charge in [-0.05, 0) is 23.3 Å². The molecule has 1 saturated heterocycles. The zero-order valence-corrected chi connectivity index (χ0v) is 15.6. The second-order valence-electron chi connectivity index (χ2n) is 6.73. The van der Waals surface area contributed by atoms with E-state index in [1.807, 2.05) is 36.4 Å². The minimum absolute atomic E-state index is 0.177. The number of carbonyl (C=O) groups excluding carboxylic acids is 1. The molecule has 0 radical (unpaired) electrons. The molecule has 0 spiro atoms. The van der Waals surface area contributed by atoms with E-state index in [9.17, 15) is 4.79 Å². The van der Waals surface area contributed by atoms with Crippen molar-refractivity contribution in [3.8, 4) is 0 Å². The fraction of sp³-hybridized carbons (Fsp3) is 0.273. The molecule has 1 aliphatic heterocycles. The molecule has 1 aliphatic rings. The average molecular weight is 377 g/mol. The van der Waals surface area contributed by atoms with E-state index in [4.69, 9.17) is 9.15 Å². The Morgan fingerprint density at radius 3 is 2.64 bits per heavy atom. The first-order valence-electron chi connectivity index (χ1n) is 9.46. The number of oxazole rings is 1. The van der Waals surface area contributed by atoms with Crippen molar-refractivity contribution in [2.45, 2.75) is 13.1 Å². The summed E-state index contributed by atoms with van der Waals surface area (Å²) in [6, 6.07) is 15.7. The number of carbonyl (C=O) groups is 1. The number of hydrogen-bond donors (Lipinski definition) is 1. The van der Waals surface area contributed by atoms with Crippen molar-refractivity contribution in [3.63, 3.8) is 0 Å². The van der Waals surface area contributed by atoms with Gasteiger partial charge in [0.05, 0.1) is 13.2 Å². The highest BCUT2D eigenvalue weighted by atomic mass is 16.5. The van der Waals surface area contributed by atoms with Gasteiger partial charge in [0.1, 0.15) is 5.52 Å². The van der Waals surface area contributed by atoms with Crippen LogP contribution < -0.4 is 5.32 Å². The minimum Gasteiger partial charge on any atom is -0.437 e. The van der Waals surface area contributed by atoms with Gasteiger partial charge in [0.25, 0.3) is 0 Å². The van der Waals surface area contributed by atoms with Crippen LogP contribution in [0.25, 0.3) is 17.2 Å². The molecule has 6 heteroatoms. The summed E-state index contributed by atoms with van der Waals surface area (Å²) in [4.78, 5) is 18.9. The highest BCUT2D eigenvalue weighted by molar-refractivity contribution is 5.91. The van der Waals surface area contributed by atoms with Crippen LogP contribution in [-0.4, -0.2) is 42.1 Å². The standard InChI is InChI=1S/C22H23N3O3/c26-21(9-10-22-24-19-7-3-4-8-20(19)28-22)23-15-17-5-1-2-6-18(17)16-25-11-13-27-14-12-25/h1-10H,11-16H2,(H,23,26)/b10-9+. The highest BCUT2D eigenvalue weighted by Gasteiger charge is 2.12. The van der Waals surface area contributed by atoms with Crippen LogP contribution in [0.15, 0.2) is 59.0 Å². The molecule has 1 aromatic heterocycles. The van der Waals surface area contributed by atoms with E-state index in [0.29, 0.717) is 18.0 Å². The zero-order chi connectivity index (χ0) is 19.2. The Hall–Kier alpha value is -2.96. The van der Waals surface area contributed by atoms with Crippen molar-refractivity contribution in [3.05, 3.63) is 71.6 Å². The topological polar surface area (TPSA) is 67.6 Å². The Morgan fingerprint density at radius 2 is 1.82 bits per heavy atom. The number of amides is 1. The highest BCUT2D eigenvalue weighted by Crippen LogP contribution is 2.16. The maximum absolute atomic E-state index is 12.2. The summed E-state index contributed by atoms with van der Waals surface area (Å²) in [6.45, 7) is 4.78. The van der Waals surface area contributed by atoms with Crippen molar-refractivity contribution >= 4 is 23.1 Å². The maximum Gasteiger partial charge on any atom is 0.244 e. The summed E-state index contributed by atoms with van der Waals surface area (Å²) in [5, 5.41) is 2.94. The van der Waals surface area contributed by atoms with Gasteiger partial charge in [-0.15, -0.1) is 0 Å². The Bertz CT molecular complexity index is 941. The van der Waals surface area contributed by atoms with E-state index >= 15 is 0 Å². The molecule has 0 saturated carbocycles. The number of fused-ring (bicyclic) bond motifs is 1. The summed E-state index contributed by atoms with van der Waals surface area (Å²) in [6.07, 6.45) is 3.05. The quantitative estimate of drug-likeness (QED) is 0.669. The number of hydrogen-bond acceptors (Lipinski definition) is 5. The van der Waals surface area contributed by atoms with Gasteiger partial charge in [-0.3, -0.25) is 9.69 Å². The lowest BCUT2D eigenvalue weighted by Gasteiger charge is -2.27. The van der Waals surface area contributed by atoms with Crippen LogP contribution in [0.5, 0.6) is 0 Å². The average Bonchev–Trinajstić information content (AvgIpc) is 3.15. The van der Waals surface area contributed by atoms with Crippen molar-refractivity contribution in [2.75, 3.05) is 26.3 Å². The van der Waals surface area contributed by atoms with E-state index in [-0.39, 0.29) is 5.91 Å². The molecule has 1 amide bonds. The maximum atomic E-state index is 12.2. The predicted molar refractivity (Wildman–Crippen MR) is 107 cm³/mol. The van der Waals surface area contributed by atoms with Crippen LogP contribution in [0.1, 0.15) is 17.0 Å². The SMILES string of the molecule is O=C(/C=C/c1nc2ccccc2o1)NCc1ccccc1CN1CCOCC1. The summed E-state index contributed by atoms with van der Waals surface area (Å²) in [7, 11) is 0. The van der Waals surface area contributed by atoms with Crippen LogP contribution in [0.3, 0.4) is 0 Å². The Balaban J connectivity index is 1.35. The molecule has 2 heterocycles. The van der Waals surface area contributed by atoms with Gasteiger partial charge in [0.2, 0.25) is 11.8 Å². The number of ether oxygens (including phenoxy) is 1. The second kappa shape index (κ2) is 8.82. The van der Waals surface area contributed by atoms with Gasteiger partial charge >= 0.3 is 0 Å². The molecule has 28 heavy (non-hydrogen) atoms. The number of nitrogens with zero attached hydrogens (tertiary/aromatic N) is 2. The lowest BCUT2D eigenvalue weighted by atomic mass is 10.1. The first-order valence-corrected chi connectivity index (χ1v) is 9.46. The Kier molecular flexibility index (Phi) is 5.80. The van der Waals surface area contributed by atoms with E-state index in [2.05, 4.69) is 27.3 Å². The lowest BCUT2D eigenvalue weighted by molar-refractivity contribution is -0.116. The molecule has 6 nitrogen and oxygen atoms in total. The number of rotatable bonds is 6. The lowest BCUT2D eigenvalue weighted by Crippen LogP contribution is -2.36. The summed E-state index contributed by atoms with van der Waals surface area (Å²) >= 11 is 0. The fourth-order valence-corrected chi connectivity index (χ4v) is 3.23. The Labute approximate surface area is 163 Å². The molecule has 3 aromatic rings. The van der Waals surface area contributed by atoms with E-state index in [1.165, 1.54) is 11.6 Å². The van der Waals surface area contributed by atoms with Crippen molar-refractivity contribution in [1.82, 2.24) is 15.2 Å².